The van der Waals surface area contributed by atoms with Gasteiger partial charge in [-0.1, -0.05) is 29.8 Å². The summed E-state index contributed by atoms with van der Waals surface area (Å²) >= 11 is 5.85. The van der Waals surface area contributed by atoms with Crippen LogP contribution in [0.2, 0.25) is 5.02 Å². The van der Waals surface area contributed by atoms with Crippen molar-refractivity contribution in [3.8, 4) is 11.5 Å². The van der Waals surface area contributed by atoms with Crippen molar-refractivity contribution in [2.24, 2.45) is 0 Å². The molecule has 3 aromatic carbocycles. The standard InChI is InChI=1S/C27H25ClO4/c28-24-11-9-23(10-12-24)27(30)17-8-21-4-13-25(14-5-21)31-18-2-1-3-19-32-26-15-6-22(20-29)7-16-26/h4-17,20H,1-3,18-19H2/b17-8+. The third-order valence-corrected chi connectivity index (χ3v) is 5.03. The number of allylic oxidation sites excluding steroid dienone is 1. The molecule has 0 heterocycles. The number of ketones is 1. The fraction of sp³-hybridized carbons (Fsp3) is 0.185. The van der Waals surface area contributed by atoms with Crippen LogP contribution in [0.1, 0.15) is 45.5 Å². The Balaban J connectivity index is 1.31. The van der Waals surface area contributed by atoms with Gasteiger partial charge in [-0.25, -0.2) is 0 Å². The van der Waals surface area contributed by atoms with Gasteiger partial charge in [0.05, 0.1) is 13.2 Å². The van der Waals surface area contributed by atoms with Crippen LogP contribution in [0.25, 0.3) is 6.08 Å². The van der Waals surface area contributed by atoms with E-state index >= 15 is 0 Å². The van der Waals surface area contributed by atoms with E-state index in [2.05, 4.69) is 0 Å². The van der Waals surface area contributed by atoms with Gasteiger partial charge in [-0.15, -0.1) is 0 Å². The van der Waals surface area contributed by atoms with Crippen LogP contribution in [-0.2, 0) is 0 Å². The minimum Gasteiger partial charge on any atom is -0.494 e. The van der Waals surface area contributed by atoms with Gasteiger partial charge in [-0.3, -0.25) is 9.59 Å². The third kappa shape index (κ3) is 7.71. The van der Waals surface area contributed by atoms with Gasteiger partial charge in [0.15, 0.2) is 5.78 Å². The van der Waals surface area contributed by atoms with Crippen molar-refractivity contribution in [1.82, 2.24) is 0 Å². The first-order chi connectivity index (χ1) is 15.6. The highest BCUT2D eigenvalue weighted by molar-refractivity contribution is 6.30. The normalized spacial score (nSPS) is 10.8. The van der Waals surface area contributed by atoms with Gasteiger partial charge in [0.1, 0.15) is 17.8 Å². The van der Waals surface area contributed by atoms with Crippen LogP contribution in [0.15, 0.2) is 78.9 Å². The smallest absolute Gasteiger partial charge is 0.185 e. The zero-order valence-electron chi connectivity index (χ0n) is 17.7. The minimum absolute atomic E-state index is 0.0658. The predicted octanol–water partition coefficient (Wildman–Crippen LogP) is 6.68. The Morgan fingerprint density at radius 3 is 1.78 bits per heavy atom. The SMILES string of the molecule is O=Cc1ccc(OCCCCCOc2ccc(/C=C/C(=O)c3ccc(Cl)cc3)cc2)cc1. The number of hydrogen-bond acceptors (Lipinski definition) is 4. The second kappa shape index (κ2) is 12.5. The number of rotatable bonds is 12. The molecule has 4 nitrogen and oxygen atoms in total. The fourth-order valence-corrected chi connectivity index (χ4v) is 3.09. The minimum atomic E-state index is -0.0658. The molecule has 0 amide bonds. The summed E-state index contributed by atoms with van der Waals surface area (Å²) in [5.41, 5.74) is 2.18. The highest BCUT2D eigenvalue weighted by atomic mass is 35.5. The summed E-state index contributed by atoms with van der Waals surface area (Å²) in [6, 6.07) is 21.6. The number of halogens is 1. The lowest BCUT2D eigenvalue weighted by atomic mass is 10.1. The highest BCUT2D eigenvalue weighted by Crippen LogP contribution is 2.16. The van der Waals surface area contributed by atoms with Gasteiger partial charge in [0.25, 0.3) is 0 Å². The molecule has 0 saturated carbocycles. The Kier molecular flexibility index (Phi) is 9.08. The number of ether oxygens (including phenoxy) is 2. The van der Waals surface area contributed by atoms with E-state index in [1.165, 1.54) is 0 Å². The van der Waals surface area contributed by atoms with Gasteiger partial charge in [-0.05, 0) is 91.6 Å². The molecule has 5 heteroatoms. The molecule has 0 spiro atoms. The van der Waals surface area contributed by atoms with Crippen LogP contribution >= 0.6 is 11.6 Å². The Bertz CT molecular complexity index is 1020. The molecular weight excluding hydrogens is 424 g/mol. The molecule has 0 bridgehead atoms. The van der Waals surface area contributed by atoms with E-state index in [1.807, 2.05) is 24.3 Å². The Labute approximate surface area is 193 Å². The molecule has 0 fully saturated rings. The molecule has 0 N–H and O–H groups in total. The first-order valence-corrected chi connectivity index (χ1v) is 10.9. The third-order valence-electron chi connectivity index (χ3n) is 4.78. The topological polar surface area (TPSA) is 52.6 Å². The van der Waals surface area contributed by atoms with E-state index in [4.69, 9.17) is 21.1 Å². The van der Waals surface area contributed by atoms with E-state index in [-0.39, 0.29) is 5.78 Å². The first kappa shape index (κ1) is 23.3. The predicted molar refractivity (Wildman–Crippen MR) is 128 cm³/mol. The summed E-state index contributed by atoms with van der Waals surface area (Å²) in [7, 11) is 0. The van der Waals surface area contributed by atoms with Crippen molar-refractivity contribution in [2.75, 3.05) is 13.2 Å². The van der Waals surface area contributed by atoms with E-state index in [1.54, 1.807) is 60.7 Å². The van der Waals surface area contributed by atoms with Gasteiger partial charge >= 0.3 is 0 Å². The molecule has 0 aliphatic heterocycles. The number of carbonyl (C=O) groups excluding carboxylic acids is 2. The van der Waals surface area contributed by atoms with Crippen LogP contribution in [0.4, 0.5) is 0 Å². The van der Waals surface area contributed by atoms with E-state index in [0.29, 0.717) is 29.4 Å². The maximum absolute atomic E-state index is 12.2. The molecule has 0 atom stereocenters. The summed E-state index contributed by atoms with van der Waals surface area (Å²) < 4.78 is 11.4. The van der Waals surface area contributed by atoms with Gasteiger partial charge in [0, 0.05) is 16.1 Å². The van der Waals surface area contributed by atoms with E-state index < -0.39 is 0 Å². The van der Waals surface area contributed by atoms with Gasteiger partial charge < -0.3 is 9.47 Å². The maximum Gasteiger partial charge on any atom is 0.185 e. The molecule has 0 radical (unpaired) electrons. The van der Waals surface area contributed by atoms with E-state index in [9.17, 15) is 9.59 Å². The molecule has 3 aromatic rings. The Morgan fingerprint density at radius 1 is 0.719 bits per heavy atom. The van der Waals surface area contributed by atoms with Crippen molar-refractivity contribution in [1.29, 1.82) is 0 Å². The number of unbranched alkanes of at least 4 members (excludes halogenated alkanes) is 2. The van der Waals surface area contributed by atoms with Crippen LogP contribution in [-0.4, -0.2) is 25.3 Å². The summed E-state index contributed by atoms with van der Waals surface area (Å²) in [4.78, 5) is 22.8. The molecule has 0 saturated heterocycles. The zero-order chi connectivity index (χ0) is 22.6. The van der Waals surface area contributed by atoms with Gasteiger partial charge in [0.2, 0.25) is 0 Å². The van der Waals surface area contributed by atoms with Crippen molar-refractivity contribution in [3.05, 3.63) is 101 Å². The largest absolute Gasteiger partial charge is 0.494 e. The zero-order valence-corrected chi connectivity index (χ0v) is 18.5. The number of carbonyl (C=O) groups is 2. The molecule has 3 rings (SSSR count). The van der Waals surface area contributed by atoms with Crippen molar-refractivity contribution in [2.45, 2.75) is 19.3 Å². The molecular formula is C27H25ClO4. The lowest BCUT2D eigenvalue weighted by molar-refractivity contribution is 0.104. The lowest BCUT2D eigenvalue weighted by Gasteiger charge is -2.08. The molecule has 0 unspecified atom stereocenters. The molecule has 164 valence electrons. The Hall–Kier alpha value is -3.37. The van der Waals surface area contributed by atoms with E-state index in [0.717, 1.165) is 42.6 Å². The number of hydrogen-bond donors (Lipinski definition) is 0. The number of benzene rings is 3. The average Bonchev–Trinajstić information content (AvgIpc) is 2.83. The second-order valence-corrected chi connectivity index (χ2v) is 7.65. The van der Waals surface area contributed by atoms with Crippen LogP contribution < -0.4 is 9.47 Å². The summed E-state index contributed by atoms with van der Waals surface area (Å²) in [5.74, 6) is 1.51. The molecule has 0 aliphatic carbocycles. The van der Waals surface area contributed by atoms with Gasteiger partial charge in [-0.2, -0.15) is 0 Å². The monoisotopic (exact) mass is 448 g/mol. The Morgan fingerprint density at radius 2 is 1.25 bits per heavy atom. The quantitative estimate of drug-likeness (QED) is 0.134. The molecule has 0 aromatic heterocycles. The van der Waals surface area contributed by atoms with Crippen LogP contribution in [0.3, 0.4) is 0 Å². The van der Waals surface area contributed by atoms with Crippen LogP contribution in [0.5, 0.6) is 11.5 Å². The van der Waals surface area contributed by atoms with Crippen molar-refractivity contribution < 1.29 is 19.1 Å². The first-order valence-electron chi connectivity index (χ1n) is 10.5. The molecule has 0 aliphatic rings. The maximum atomic E-state index is 12.2. The highest BCUT2D eigenvalue weighted by Gasteiger charge is 2.01. The summed E-state index contributed by atoms with van der Waals surface area (Å²) in [6.07, 6.45) is 7.03. The number of aldehydes is 1. The average molecular weight is 449 g/mol. The summed E-state index contributed by atoms with van der Waals surface area (Å²) in [5, 5.41) is 0.608. The van der Waals surface area contributed by atoms with Crippen molar-refractivity contribution >= 4 is 29.7 Å². The summed E-state index contributed by atoms with van der Waals surface area (Å²) in [6.45, 7) is 1.27. The second-order valence-electron chi connectivity index (χ2n) is 7.22. The lowest BCUT2D eigenvalue weighted by Crippen LogP contribution is -2.01. The van der Waals surface area contributed by atoms with Crippen molar-refractivity contribution in [3.63, 3.8) is 0 Å². The fourth-order valence-electron chi connectivity index (χ4n) is 2.96. The van der Waals surface area contributed by atoms with Crippen LogP contribution in [0, 0.1) is 0 Å². The molecule has 32 heavy (non-hydrogen) atoms.